The van der Waals surface area contributed by atoms with Gasteiger partial charge in [0.05, 0.1) is 5.51 Å². The topological polar surface area (TPSA) is 45.1 Å². The summed E-state index contributed by atoms with van der Waals surface area (Å²) in [4.78, 5) is 5.22. The van der Waals surface area contributed by atoms with E-state index in [1.54, 1.807) is 23.5 Å². The van der Waals surface area contributed by atoms with Crippen molar-refractivity contribution in [3.8, 4) is 5.75 Å². The lowest BCUT2D eigenvalue weighted by Gasteiger charge is -2.03. The molecule has 0 fully saturated rings. The van der Waals surface area contributed by atoms with Crippen LogP contribution < -0.4 is 5.32 Å². The van der Waals surface area contributed by atoms with Gasteiger partial charge in [0.25, 0.3) is 0 Å². The Labute approximate surface area is 92.4 Å². The van der Waals surface area contributed by atoms with Gasteiger partial charge in [-0.1, -0.05) is 12.1 Å². The van der Waals surface area contributed by atoms with Crippen molar-refractivity contribution >= 4 is 11.3 Å². The molecule has 15 heavy (non-hydrogen) atoms. The first-order valence-corrected chi connectivity index (χ1v) is 5.58. The van der Waals surface area contributed by atoms with Crippen molar-refractivity contribution in [1.82, 2.24) is 10.3 Å². The van der Waals surface area contributed by atoms with E-state index in [0.29, 0.717) is 5.75 Å². The van der Waals surface area contributed by atoms with Crippen LogP contribution in [0.15, 0.2) is 36.0 Å². The molecule has 0 saturated heterocycles. The Morgan fingerprint density at radius 3 is 3.00 bits per heavy atom. The van der Waals surface area contributed by atoms with Crippen molar-refractivity contribution in [2.24, 2.45) is 0 Å². The fourth-order valence-corrected chi connectivity index (χ4v) is 1.89. The van der Waals surface area contributed by atoms with Gasteiger partial charge in [0, 0.05) is 24.2 Å². The van der Waals surface area contributed by atoms with Gasteiger partial charge in [0.1, 0.15) is 5.75 Å². The highest BCUT2D eigenvalue weighted by Crippen LogP contribution is 2.11. The quantitative estimate of drug-likeness (QED) is 0.829. The summed E-state index contributed by atoms with van der Waals surface area (Å²) < 4.78 is 0. The zero-order chi connectivity index (χ0) is 10.5. The number of rotatable bonds is 4. The lowest BCUT2D eigenvalue weighted by molar-refractivity contribution is 0.474. The average Bonchev–Trinajstić information content (AvgIpc) is 2.71. The average molecular weight is 220 g/mol. The van der Waals surface area contributed by atoms with Crippen LogP contribution in [0.2, 0.25) is 0 Å². The fourth-order valence-electron chi connectivity index (χ4n) is 1.33. The maximum absolute atomic E-state index is 9.26. The van der Waals surface area contributed by atoms with Crippen LogP contribution in [0, 0.1) is 0 Å². The molecule has 0 bridgehead atoms. The number of aromatic hydroxyl groups is 1. The summed E-state index contributed by atoms with van der Waals surface area (Å²) in [5.41, 5.74) is 2.91. The van der Waals surface area contributed by atoms with Crippen LogP contribution >= 0.6 is 11.3 Å². The van der Waals surface area contributed by atoms with Gasteiger partial charge in [-0.05, 0) is 17.7 Å². The number of aromatic nitrogens is 1. The molecule has 3 nitrogen and oxygen atoms in total. The number of thiazole rings is 1. The standard InChI is InChI=1S/C11H12N2OS/c14-10-3-1-2-9(4-10)5-12-6-11-7-13-8-15-11/h1-4,7-8,12,14H,5-6H2. The van der Waals surface area contributed by atoms with E-state index in [4.69, 9.17) is 0 Å². The Kier molecular flexibility index (Phi) is 3.32. The van der Waals surface area contributed by atoms with Gasteiger partial charge in [-0.3, -0.25) is 4.98 Å². The van der Waals surface area contributed by atoms with E-state index in [1.165, 1.54) is 4.88 Å². The molecule has 2 N–H and O–H groups in total. The van der Waals surface area contributed by atoms with Gasteiger partial charge in [-0.25, -0.2) is 0 Å². The number of benzene rings is 1. The van der Waals surface area contributed by atoms with Crippen LogP contribution in [0.25, 0.3) is 0 Å². The molecule has 1 aromatic carbocycles. The van der Waals surface area contributed by atoms with Crippen molar-refractivity contribution in [2.75, 3.05) is 0 Å². The van der Waals surface area contributed by atoms with E-state index in [0.717, 1.165) is 18.7 Å². The third kappa shape index (κ3) is 3.04. The Balaban J connectivity index is 1.83. The minimum Gasteiger partial charge on any atom is -0.508 e. The molecule has 0 spiro atoms. The number of hydrogen-bond acceptors (Lipinski definition) is 4. The zero-order valence-corrected chi connectivity index (χ0v) is 9.00. The van der Waals surface area contributed by atoms with Gasteiger partial charge >= 0.3 is 0 Å². The molecule has 2 rings (SSSR count). The van der Waals surface area contributed by atoms with E-state index in [-0.39, 0.29) is 0 Å². The fraction of sp³-hybridized carbons (Fsp3) is 0.182. The maximum Gasteiger partial charge on any atom is 0.115 e. The predicted molar refractivity (Wildman–Crippen MR) is 60.8 cm³/mol. The largest absolute Gasteiger partial charge is 0.508 e. The van der Waals surface area contributed by atoms with Crippen LogP contribution in [0.3, 0.4) is 0 Å². The monoisotopic (exact) mass is 220 g/mol. The molecule has 2 aromatic rings. The second-order valence-electron chi connectivity index (χ2n) is 3.24. The van der Waals surface area contributed by atoms with Crippen molar-refractivity contribution in [2.45, 2.75) is 13.1 Å². The van der Waals surface area contributed by atoms with Gasteiger partial charge in [0.2, 0.25) is 0 Å². The summed E-state index contributed by atoms with van der Waals surface area (Å²) in [6.07, 6.45) is 1.86. The third-order valence-corrected chi connectivity index (χ3v) is 2.80. The second-order valence-corrected chi connectivity index (χ2v) is 4.21. The number of nitrogens with one attached hydrogen (secondary N) is 1. The molecule has 1 heterocycles. The highest BCUT2D eigenvalue weighted by Gasteiger charge is 1.96. The van der Waals surface area contributed by atoms with E-state index < -0.39 is 0 Å². The second kappa shape index (κ2) is 4.91. The molecule has 78 valence electrons. The van der Waals surface area contributed by atoms with Crippen LogP contribution in [-0.2, 0) is 13.1 Å². The molecular formula is C11H12N2OS. The number of hydrogen-bond donors (Lipinski definition) is 2. The summed E-state index contributed by atoms with van der Waals surface area (Å²) in [6.45, 7) is 1.58. The van der Waals surface area contributed by atoms with Crippen molar-refractivity contribution in [3.63, 3.8) is 0 Å². The number of nitrogens with zero attached hydrogens (tertiary/aromatic N) is 1. The Hall–Kier alpha value is -1.39. The Bertz CT molecular complexity index is 414. The predicted octanol–water partition coefficient (Wildman–Crippen LogP) is 2.14. The summed E-state index contributed by atoms with van der Waals surface area (Å²) in [5, 5.41) is 12.6. The number of phenols is 1. The van der Waals surface area contributed by atoms with Gasteiger partial charge in [0.15, 0.2) is 0 Å². The maximum atomic E-state index is 9.26. The summed E-state index contributed by atoms with van der Waals surface area (Å²) >= 11 is 1.64. The lowest BCUT2D eigenvalue weighted by Crippen LogP contribution is -2.11. The molecular weight excluding hydrogens is 208 g/mol. The molecule has 0 atom stereocenters. The summed E-state index contributed by atoms with van der Waals surface area (Å²) in [6, 6.07) is 7.27. The van der Waals surface area contributed by atoms with Gasteiger partial charge < -0.3 is 10.4 Å². The first kappa shape index (κ1) is 10.1. The molecule has 0 aliphatic carbocycles. The van der Waals surface area contributed by atoms with Crippen LogP contribution in [0.4, 0.5) is 0 Å². The van der Waals surface area contributed by atoms with E-state index >= 15 is 0 Å². The molecule has 0 saturated carbocycles. The van der Waals surface area contributed by atoms with E-state index in [2.05, 4.69) is 10.3 Å². The lowest BCUT2D eigenvalue weighted by atomic mass is 10.2. The number of phenolic OH excluding ortho intramolecular Hbond substituents is 1. The van der Waals surface area contributed by atoms with Gasteiger partial charge in [-0.15, -0.1) is 11.3 Å². The summed E-state index contributed by atoms with van der Waals surface area (Å²) in [5.74, 6) is 0.312. The molecule has 1 aromatic heterocycles. The minimum absolute atomic E-state index is 0.312. The smallest absolute Gasteiger partial charge is 0.115 e. The molecule has 4 heteroatoms. The molecule has 0 aliphatic rings. The molecule has 0 unspecified atom stereocenters. The summed E-state index contributed by atoms with van der Waals surface area (Å²) in [7, 11) is 0. The van der Waals surface area contributed by atoms with E-state index in [1.807, 2.05) is 23.8 Å². The Morgan fingerprint density at radius 2 is 2.27 bits per heavy atom. The van der Waals surface area contributed by atoms with Crippen LogP contribution in [-0.4, -0.2) is 10.1 Å². The minimum atomic E-state index is 0.312. The first-order chi connectivity index (χ1) is 7.34. The van der Waals surface area contributed by atoms with Crippen molar-refractivity contribution in [1.29, 1.82) is 0 Å². The van der Waals surface area contributed by atoms with Crippen LogP contribution in [0.1, 0.15) is 10.4 Å². The normalized spacial score (nSPS) is 10.4. The first-order valence-electron chi connectivity index (χ1n) is 4.70. The van der Waals surface area contributed by atoms with Gasteiger partial charge in [-0.2, -0.15) is 0 Å². The highest BCUT2D eigenvalue weighted by molar-refractivity contribution is 7.09. The van der Waals surface area contributed by atoms with Crippen LogP contribution in [0.5, 0.6) is 5.75 Å². The highest BCUT2D eigenvalue weighted by atomic mass is 32.1. The Morgan fingerprint density at radius 1 is 1.33 bits per heavy atom. The van der Waals surface area contributed by atoms with E-state index in [9.17, 15) is 5.11 Å². The third-order valence-electron chi connectivity index (χ3n) is 2.02. The molecule has 0 amide bonds. The SMILES string of the molecule is Oc1cccc(CNCc2cncs2)c1. The van der Waals surface area contributed by atoms with Crippen molar-refractivity contribution < 1.29 is 5.11 Å². The zero-order valence-electron chi connectivity index (χ0n) is 8.18. The molecule has 0 aliphatic heterocycles. The van der Waals surface area contributed by atoms with Crippen molar-refractivity contribution in [3.05, 3.63) is 46.4 Å². The molecule has 0 radical (unpaired) electrons.